The Labute approximate surface area is 111 Å². The summed E-state index contributed by atoms with van der Waals surface area (Å²) in [5.41, 5.74) is 2.30. The molecule has 19 heavy (non-hydrogen) atoms. The number of rotatable bonds is 4. The summed E-state index contributed by atoms with van der Waals surface area (Å²) in [4.78, 5) is 0. The number of nitrogens with two attached hydrogens (primary N) is 1. The lowest BCUT2D eigenvalue weighted by molar-refractivity contribution is 0.401. The fourth-order valence-electron chi connectivity index (χ4n) is 1.76. The molecule has 1 unspecified atom stereocenters. The third-order valence-corrected chi connectivity index (χ3v) is 5.58. The van der Waals surface area contributed by atoms with Gasteiger partial charge in [-0.15, -0.1) is 0 Å². The molecule has 0 aliphatic carbocycles. The number of nitrogens with one attached hydrogen (secondary N) is 1. The van der Waals surface area contributed by atoms with E-state index in [9.17, 15) is 17.2 Å². The number of benzene rings is 1. The molecule has 0 saturated heterocycles. The van der Waals surface area contributed by atoms with Crippen molar-refractivity contribution in [2.75, 3.05) is 6.26 Å². The smallest absolute Gasteiger partial charge is 0.163 e. The molecule has 1 aromatic rings. The van der Waals surface area contributed by atoms with Gasteiger partial charge in [0, 0.05) is 11.8 Å². The van der Waals surface area contributed by atoms with Gasteiger partial charge in [-0.05, 0) is 26.3 Å². The zero-order chi connectivity index (χ0) is 15.0. The summed E-state index contributed by atoms with van der Waals surface area (Å²) in [6.45, 7) is 4.24. The molecule has 108 valence electrons. The van der Waals surface area contributed by atoms with Gasteiger partial charge >= 0.3 is 0 Å². The molecule has 0 heterocycles. The Kier molecular flexibility index (Phi) is 4.33. The molecule has 4 nitrogen and oxygen atoms in total. The summed E-state index contributed by atoms with van der Waals surface area (Å²) < 4.78 is 49.7. The van der Waals surface area contributed by atoms with E-state index in [1.165, 1.54) is 32.9 Å². The van der Waals surface area contributed by atoms with Gasteiger partial charge in [-0.25, -0.2) is 17.2 Å². The van der Waals surface area contributed by atoms with Crippen molar-refractivity contribution in [3.05, 3.63) is 34.9 Å². The third kappa shape index (κ3) is 2.77. The first-order valence-electron chi connectivity index (χ1n) is 5.64. The lowest BCUT2D eigenvalue weighted by Crippen LogP contribution is -2.47. The van der Waals surface area contributed by atoms with Gasteiger partial charge in [0.25, 0.3) is 0 Å². The summed E-state index contributed by atoms with van der Waals surface area (Å²) >= 11 is 0. The van der Waals surface area contributed by atoms with Crippen LogP contribution in [0.3, 0.4) is 0 Å². The van der Waals surface area contributed by atoms with Crippen molar-refractivity contribution in [3.8, 4) is 0 Å². The Morgan fingerprint density at radius 3 is 2.21 bits per heavy atom. The molecule has 0 spiro atoms. The number of sulfone groups is 1. The second-order valence-electron chi connectivity index (χ2n) is 5.07. The Morgan fingerprint density at radius 1 is 1.26 bits per heavy atom. The minimum atomic E-state index is -3.53. The molecule has 3 N–H and O–H groups in total. The lowest BCUT2D eigenvalue weighted by atomic mass is 9.94. The van der Waals surface area contributed by atoms with E-state index in [2.05, 4.69) is 5.43 Å². The SMILES string of the molecule is Cc1ccc(C(NN)C(C)(C)S(C)(=O)=O)c(F)c1F. The second kappa shape index (κ2) is 5.15. The Morgan fingerprint density at radius 2 is 1.79 bits per heavy atom. The normalized spacial score (nSPS) is 14.5. The Hall–Kier alpha value is -1.05. The van der Waals surface area contributed by atoms with Crippen LogP contribution in [0.1, 0.15) is 31.0 Å². The van der Waals surface area contributed by atoms with Gasteiger partial charge in [0.15, 0.2) is 21.5 Å². The van der Waals surface area contributed by atoms with Gasteiger partial charge in [-0.2, -0.15) is 0 Å². The van der Waals surface area contributed by atoms with Crippen LogP contribution in [0, 0.1) is 18.6 Å². The average molecular weight is 292 g/mol. The van der Waals surface area contributed by atoms with Crippen LogP contribution in [0.15, 0.2) is 12.1 Å². The molecule has 0 aromatic heterocycles. The zero-order valence-electron chi connectivity index (χ0n) is 11.3. The average Bonchev–Trinajstić information content (AvgIpc) is 2.28. The van der Waals surface area contributed by atoms with E-state index in [1.54, 1.807) is 0 Å². The van der Waals surface area contributed by atoms with Crippen LogP contribution in [0.5, 0.6) is 0 Å². The van der Waals surface area contributed by atoms with Gasteiger partial charge in [0.1, 0.15) is 0 Å². The molecule has 1 atom stereocenters. The van der Waals surface area contributed by atoms with Crippen LogP contribution < -0.4 is 11.3 Å². The first-order valence-corrected chi connectivity index (χ1v) is 7.53. The highest BCUT2D eigenvalue weighted by Gasteiger charge is 2.41. The van der Waals surface area contributed by atoms with E-state index in [0.29, 0.717) is 0 Å². The molecule has 1 aromatic carbocycles. The third-order valence-electron chi connectivity index (χ3n) is 3.43. The van der Waals surface area contributed by atoms with Crippen LogP contribution in [0.25, 0.3) is 0 Å². The van der Waals surface area contributed by atoms with E-state index >= 15 is 0 Å². The molecule has 0 aliphatic heterocycles. The zero-order valence-corrected chi connectivity index (χ0v) is 12.1. The number of hydrazine groups is 1. The van der Waals surface area contributed by atoms with Crippen molar-refractivity contribution in [3.63, 3.8) is 0 Å². The maximum absolute atomic E-state index is 14.0. The summed E-state index contributed by atoms with van der Waals surface area (Å²) in [5, 5.41) is 0. The Bertz CT molecular complexity index is 586. The first-order chi connectivity index (χ1) is 8.54. The van der Waals surface area contributed by atoms with E-state index in [0.717, 1.165) is 6.26 Å². The topological polar surface area (TPSA) is 72.2 Å². The van der Waals surface area contributed by atoms with Gasteiger partial charge in [0.05, 0.1) is 10.8 Å². The molecule has 0 amide bonds. The molecular weight excluding hydrogens is 274 g/mol. The van der Waals surface area contributed by atoms with Crippen molar-refractivity contribution in [2.45, 2.75) is 31.6 Å². The maximum atomic E-state index is 14.0. The molecule has 0 fully saturated rings. The highest BCUT2D eigenvalue weighted by atomic mass is 32.2. The fourth-order valence-corrected chi connectivity index (χ4v) is 2.39. The van der Waals surface area contributed by atoms with Crippen LogP contribution in [0.2, 0.25) is 0 Å². The molecule has 0 saturated carbocycles. The van der Waals surface area contributed by atoms with Crippen molar-refractivity contribution in [1.82, 2.24) is 5.43 Å². The van der Waals surface area contributed by atoms with Crippen molar-refractivity contribution in [2.24, 2.45) is 5.84 Å². The van der Waals surface area contributed by atoms with Crippen LogP contribution in [-0.4, -0.2) is 19.4 Å². The van der Waals surface area contributed by atoms with Crippen molar-refractivity contribution in [1.29, 1.82) is 0 Å². The minimum absolute atomic E-state index is 0.110. The van der Waals surface area contributed by atoms with E-state index in [1.807, 2.05) is 0 Å². The van der Waals surface area contributed by atoms with Crippen LogP contribution in [-0.2, 0) is 9.84 Å². The minimum Gasteiger partial charge on any atom is -0.271 e. The molecular formula is C12H18F2N2O2S. The van der Waals surface area contributed by atoms with E-state index in [4.69, 9.17) is 5.84 Å². The number of hydrogen-bond acceptors (Lipinski definition) is 4. The van der Waals surface area contributed by atoms with Crippen molar-refractivity contribution >= 4 is 9.84 Å². The van der Waals surface area contributed by atoms with Gasteiger partial charge < -0.3 is 0 Å². The molecule has 0 bridgehead atoms. The highest BCUT2D eigenvalue weighted by molar-refractivity contribution is 7.92. The summed E-state index contributed by atoms with van der Waals surface area (Å²) in [6.07, 6.45) is 1.03. The fraction of sp³-hybridized carbons (Fsp3) is 0.500. The number of halogens is 2. The number of aryl methyl sites for hydroxylation is 1. The first kappa shape index (κ1) is 16.0. The predicted molar refractivity (Wildman–Crippen MR) is 70.1 cm³/mol. The molecule has 0 aliphatic rings. The number of hydrogen-bond donors (Lipinski definition) is 2. The maximum Gasteiger partial charge on any atom is 0.163 e. The molecule has 7 heteroatoms. The van der Waals surface area contributed by atoms with Gasteiger partial charge in [0.2, 0.25) is 0 Å². The molecule has 1 rings (SSSR count). The summed E-state index contributed by atoms with van der Waals surface area (Å²) in [6, 6.07) is 1.67. The molecule has 0 radical (unpaired) electrons. The summed E-state index contributed by atoms with van der Waals surface area (Å²) in [5.74, 6) is 3.26. The Balaban J connectivity index is 3.46. The quantitative estimate of drug-likeness (QED) is 0.653. The van der Waals surface area contributed by atoms with Gasteiger partial charge in [-0.1, -0.05) is 12.1 Å². The highest BCUT2D eigenvalue weighted by Crippen LogP contribution is 2.34. The van der Waals surface area contributed by atoms with E-state index in [-0.39, 0.29) is 11.1 Å². The van der Waals surface area contributed by atoms with E-state index < -0.39 is 32.3 Å². The second-order valence-corrected chi connectivity index (χ2v) is 7.67. The summed E-state index contributed by atoms with van der Waals surface area (Å²) in [7, 11) is -3.53. The largest absolute Gasteiger partial charge is 0.271 e. The standard InChI is InChI=1S/C12H18F2N2O2S/c1-7-5-6-8(10(14)9(7)13)11(16-15)12(2,3)19(4,17)18/h5-6,11,16H,15H2,1-4H3. The lowest BCUT2D eigenvalue weighted by Gasteiger charge is -2.32. The van der Waals surface area contributed by atoms with Crippen LogP contribution >= 0.6 is 0 Å². The predicted octanol–water partition coefficient (Wildman–Crippen LogP) is 1.60. The van der Waals surface area contributed by atoms with Crippen LogP contribution in [0.4, 0.5) is 8.78 Å². The van der Waals surface area contributed by atoms with Gasteiger partial charge in [-0.3, -0.25) is 11.3 Å². The van der Waals surface area contributed by atoms with Crippen molar-refractivity contribution < 1.29 is 17.2 Å². The monoisotopic (exact) mass is 292 g/mol.